The Labute approximate surface area is 136 Å². The number of nitrogens with one attached hydrogen (secondary N) is 1. The molecule has 0 atom stereocenters. The van der Waals surface area contributed by atoms with E-state index in [0.717, 1.165) is 11.3 Å². The quantitative estimate of drug-likeness (QED) is 0.679. The number of carbonyl (C=O) groups is 2. The molecule has 0 bridgehead atoms. The lowest BCUT2D eigenvalue weighted by Crippen LogP contribution is -2.26. The van der Waals surface area contributed by atoms with Crippen LogP contribution in [0.3, 0.4) is 0 Å². The number of nitrogens with zero attached hydrogens (tertiary/aromatic N) is 2. The number of ether oxygens (including phenoxy) is 1. The molecule has 7 nitrogen and oxygen atoms in total. The number of nitroso groups, excluding NO2 is 1. The molecule has 1 amide bonds. The first-order valence-corrected chi connectivity index (χ1v) is 7.55. The van der Waals surface area contributed by atoms with Crippen molar-refractivity contribution in [1.82, 2.24) is 4.98 Å². The van der Waals surface area contributed by atoms with Crippen LogP contribution in [0.25, 0.3) is 0 Å². The monoisotopic (exact) mass is 333 g/mol. The van der Waals surface area contributed by atoms with Crippen LogP contribution in [-0.4, -0.2) is 22.5 Å². The third-order valence-corrected chi connectivity index (χ3v) is 3.38. The van der Waals surface area contributed by atoms with Crippen molar-refractivity contribution in [1.29, 1.82) is 0 Å². The van der Waals surface area contributed by atoms with Gasteiger partial charge in [-0.2, -0.15) is 0 Å². The first-order chi connectivity index (χ1) is 10.8. The van der Waals surface area contributed by atoms with E-state index in [1.807, 2.05) is 0 Å². The lowest BCUT2D eigenvalue weighted by Gasteiger charge is -2.20. The zero-order valence-corrected chi connectivity index (χ0v) is 13.6. The summed E-state index contributed by atoms with van der Waals surface area (Å²) in [5, 5.41) is 5.65. The minimum atomic E-state index is -0.666. The van der Waals surface area contributed by atoms with Crippen molar-refractivity contribution in [2.75, 3.05) is 5.32 Å². The van der Waals surface area contributed by atoms with Gasteiger partial charge in [0.2, 0.25) is 0 Å². The number of hydrogen-bond acceptors (Lipinski definition) is 7. The number of benzene rings is 1. The Morgan fingerprint density at radius 1 is 1.22 bits per heavy atom. The second kappa shape index (κ2) is 6.66. The second-order valence-corrected chi connectivity index (χ2v) is 6.61. The van der Waals surface area contributed by atoms with Crippen LogP contribution < -0.4 is 5.32 Å². The Morgan fingerprint density at radius 2 is 1.87 bits per heavy atom. The highest BCUT2D eigenvalue weighted by Gasteiger charge is 2.23. The molecule has 23 heavy (non-hydrogen) atoms. The summed E-state index contributed by atoms with van der Waals surface area (Å²) in [5.41, 5.74) is -0.344. The van der Waals surface area contributed by atoms with Crippen molar-refractivity contribution in [3.63, 3.8) is 0 Å². The Morgan fingerprint density at radius 3 is 2.43 bits per heavy atom. The highest BCUT2D eigenvalue weighted by molar-refractivity contribution is 7.19. The number of anilines is 1. The molecule has 1 aromatic carbocycles. The predicted octanol–water partition coefficient (Wildman–Crippen LogP) is 3.75. The molecule has 1 aromatic heterocycles. The molecule has 0 unspecified atom stereocenters. The van der Waals surface area contributed by atoms with Crippen molar-refractivity contribution in [3.8, 4) is 0 Å². The highest BCUT2D eigenvalue weighted by Crippen LogP contribution is 2.26. The average molecular weight is 333 g/mol. The molecule has 0 saturated carbocycles. The van der Waals surface area contributed by atoms with Crippen molar-refractivity contribution in [3.05, 3.63) is 46.5 Å². The molecule has 2 aromatic rings. The minimum Gasteiger partial charge on any atom is -0.456 e. The molecule has 0 radical (unpaired) electrons. The van der Waals surface area contributed by atoms with Gasteiger partial charge < -0.3 is 4.74 Å². The van der Waals surface area contributed by atoms with Crippen molar-refractivity contribution < 1.29 is 14.3 Å². The molecule has 1 N–H and O–H groups in total. The molecule has 0 aliphatic rings. The highest BCUT2D eigenvalue weighted by atomic mass is 32.1. The number of aromatic nitrogens is 1. The maximum absolute atomic E-state index is 12.3. The van der Waals surface area contributed by atoms with E-state index in [1.54, 1.807) is 32.9 Å². The minimum absolute atomic E-state index is 0.153. The Bertz CT molecular complexity index is 749. The van der Waals surface area contributed by atoms with Crippen molar-refractivity contribution in [2.24, 2.45) is 5.18 Å². The van der Waals surface area contributed by atoms with E-state index in [-0.39, 0.29) is 21.3 Å². The van der Waals surface area contributed by atoms with Gasteiger partial charge in [0, 0.05) is 0 Å². The molecule has 1 heterocycles. The summed E-state index contributed by atoms with van der Waals surface area (Å²) in [7, 11) is 0. The molecule has 0 aliphatic heterocycles. The third-order valence-electron chi connectivity index (χ3n) is 2.59. The van der Waals surface area contributed by atoms with E-state index >= 15 is 0 Å². The fraction of sp³-hybridized carbons (Fsp3) is 0.267. The summed E-state index contributed by atoms with van der Waals surface area (Å²) in [6.45, 7) is 5.24. The number of rotatable bonds is 4. The smallest absolute Gasteiger partial charge is 0.339 e. The largest absolute Gasteiger partial charge is 0.456 e. The molecular formula is C15H15N3O4S. The van der Waals surface area contributed by atoms with E-state index < -0.39 is 17.5 Å². The third kappa shape index (κ3) is 4.43. The van der Waals surface area contributed by atoms with E-state index in [1.165, 1.54) is 18.3 Å². The van der Waals surface area contributed by atoms with Crippen LogP contribution in [0.1, 0.15) is 41.5 Å². The van der Waals surface area contributed by atoms with Gasteiger partial charge in [-0.1, -0.05) is 23.5 Å². The fourth-order valence-electron chi connectivity index (χ4n) is 1.72. The van der Waals surface area contributed by atoms with E-state index in [2.05, 4.69) is 15.5 Å². The zero-order chi connectivity index (χ0) is 17.0. The average Bonchev–Trinajstić information content (AvgIpc) is 2.93. The van der Waals surface area contributed by atoms with Gasteiger partial charge in [0.05, 0.1) is 17.3 Å². The topological polar surface area (TPSA) is 97.7 Å². The van der Waals surface area contributed by atoms with Crippen LogP contribution in [0.5, 0.6) is 0 Å². The van der Waals surface area contributed by atoms with Crippen LogP contribution >= 0.6 is 11.3 Å². The SMILES string of the molecule is CC(C)(C)OC(=O)c1ccccc1C(=O)Nc1ncc(N=O)s1. The number of esters is 1. The number of thiazole rings is 1. The van der Waals surface area contributed by atoms with Crippen LogP contribution in [-0.2, 0) is 4.74 Å². The standard InChI is InChI=1S/C15H15N3O4S/c1-15(2,3)22-13(20)10-7-5-4-6-9(10)12(19)17-14-16-8-11(18-21)23-14/h4-8H,1-3H3,(H,16,17,19). The normalized spacial score (nSPS) is 10.9. The Hall–Kier alpha value is -2.61. The lowest BCUT2D eigenvalue weighted by molar-refractivity contribution is 0.00678. The summed E-state index contributed by atoms with van der Waals surface area (Å²) in [4.78, 5) is 38.8. The zero-order valence-electron chi connectivity index (χ0n) is 12.8. The summed E-state index contributed by atoms with van der Waals surface area (Å²) in [5.74, 6) is -1.10. The summed E-state index contributed by atoms with van der Waals surface area (Å²) >= 11 is 0.942. The molecular weight excluding hydrogens is 318 g/mol. The van der Waals surface area contributed by atoms with Crippen LogP contribution in [0.4, 0.5) is 10.1 Å². The van der Waals surface area contributed by atoms with Gasteiger partial charge in [-0.3, -0.25) is 10.1 Å². The summed E-state index contributed by atoms with van der Waals surface area (Å²) in [6.07, 6.45) is 1.26. The molecule has 0 saturated heterocycles. The fourth-order valence-corrected chi connectivity index (χ4v) is 2.31. The number of hydrogen-bond donors (Lipinski definition) is 1. The van der Waals surface area contributed by atoms with Gasteiger partial charge in [-0.15, -0.1) is 4.91 Å². The maximum Gasteiger partial charge on any atom is 0.339 e. The molecule has 0 fully saturated rings. The first kappa shape index (κ1) is 16.8. The van der Waals surface area contributed by atoms with Gasteiger partial charge >= 0.3 is 5.97 Å². The summed E-state index contributed by atoms with van der Waals surface area (Å²) < 4.78 is 5.30. The van der Waals surface area contributed by atoms with Gasteiger partial charge in [0.15, 0.2) is 10.1 Å². The molecule has 8 heteroatoms. The number of amides is 1. The second-order valence-electron chi connectivity index (χ2n) is 5.60. The van der Waals surface area contributed by atoms with Crippen LogP contribution in [0.2, 0.25) is 0 Å². The van der Waals surface area contributed by atoms with Crippen LogP contribution in [0, 0.1) is 4.91 Å². The lowest BCUT2D eigenvalue weighted by atomic mass is 10.1. The Kier molecular flexibility index (Phi) is 4.85. The van der Waals surface area contributed by atoms with Gasteiger partial charge in [0.25, 0.3) is 5.91 Å². The van der Waals surface area contributed by atoms with Gasteiger partial charge in [-0.05, 0) is 38.1 Å². The maximum atomic E-state index is 12.3. The van der Waals surface area contributed by atoms with E-state index in [0.29, 0.717) is 0 Å². The van der Waals surface area contributed by atoms with Crippen molar-refractivity contribution >= 4 is 33.3 Å². The molecule has 2 rings (SSSR count). The van der Waals surface area contributed by atoms with E-state index in [4.69, 9.17) is 4.74 Å². The number of carbonyl (C=O) groups excluding carboxylic acids is 2. The summed E-state index contributed by atoms with van der Waals surface area (Å²) in [6, 6.07) is 6.32. The molecule has 0 aliphatic carbocycles. The molecule has 120 valence electrons. The van der Waals surface area contributed by atoms with Gasteiger partial charge in [0.1, 0.15) is 5.60 Å². The van der Waals surface area contributed by atoms with Crippen molar-refractivity contribution in [2.45, 2.75) is 26.4 Å². The van der Waals surface area contributed by atoms with Crippen LogP contribution in [0.15, 0.2) is 35.6 Å². The first-order valence-electron chi connectivity index (χ1n) is 6.73. The van der Waals surface area contributed by atoms with Gasteiger partial charge in [-0.25, -0.2) is 9.78 Å². The Balaban J connectivity index is 2.23. The molecule has 0 spiro atoms. The predicted molar refractivity (Wildman–Crippen MR) is 87.1 cm³/mol. The van der Waals surface area contributed by atoms with E-state index in [9.17, 15) is 14.5 Å².